The smallest absolute Gasteiger partial charge is 0.255 e. The van der Waals surface area contributed by atoms with Gasteiger partial charge in [0.05, 0.1) is 17.9 Å². The van der Waals surface area contributed by atoms with Crippen molar-refractivity contribution in [1.29, 1.82) is 0 Å². The molecule has 2 aromatic carbocycles. The van der Waals surface area contributed by atoms with Crippen LogP contribution in [0.5, 0.6) is 11.5 Å². The molecule has 0 saturated heterocycles. The van der Waals surface area contributed by atoms with Crippen LogP contribution in [0.3, 0.4) is 0 Å². The van der Waals surface area contributed by atoms with E-state index in [9.17, 15) is 4.79 Å². The lowest BCUT2D eigenvalue weighted by Crippen LogP contribution is -2.44. The minimum atomic E-state index is -0.297. The number of nitrogens with one attached hydrogen (secondary N) is 1. The molecule has 5 nitrogen and oxygen atoms in total. The van der Waals surface area contributed by atoms with E-state index in [-0.39, 0.29) is 18.2 Å². The highest BCUT2D eigenvalue weighted by Crippen LogP contribution is 2.41. The van der Waals surface area contributed by atoms with E-state index in [4.69, 9.17) is 9.47 Å². The zero-order valence-corrected chi connectivity index (χ0v) is 14.7. The van der Waals surface area contributed by atoms with Gasteiger partial charge in [-0.15, -0.1) is 0 Å². The van der Waals surface area contributed by atoms with Crippen LogP contribution in [0.1, 0.15) is 41.5 Å². The summed E-state index contributed by atoms with van der Waals surface area (Å²) in [4.78, 5) is 14.6. The summed E-state index contributed by atoms with van der Waals surface area (Å²) in [5.74, 6) is 1.61. The molecule has 2 atom stereocenters. The Morgan fingerprint density at radius 3 is 2.92 bits per heavy atom. The van der Waals surface area contributed by atoms with Gasteiger partial charge in [0, 0.05) is 24.6 Å². The van der Waals surface area contributed by atoms with Gasteiger partial charge >= 0.3 is 0 Å². The molecule has 4 rings (SSSR count). The Bertz CT molecular complexity index is 834. The summed E-state index contributed by atoms with van der Waals surface area (Å²) >= 11 is 0. The monoisotopic (exact) mass is 338 g/mol. The number of benzene rings is 2. The van der Waals surface area contributed by atoms with Crippen molar-refractivity contribution in [2.75, 3.05) is 18.6 Å². The Balaban J connectivity index is 1.79. The number of amides is 1. The Kier molecular flexibility index (Phi) is 3.79. The number of hydrogen-bond donors (Lipinski definition) is 1. The molecule has 0 radical (unpaired) electrons. The maximum atomic E-state index is 12.6. The minimum absolute atomic E-state index is 0.0732. The van der Waals surface area contributed by atoms with E-state index in [1.807, 2.05) is 44.3 Å². The lowest BCUT2D eigenvalue weighted by atomic mass is 10.0. The van der Waals surface area contributed by atoms with Crippen LogP contribution in [0, 0.1) is 0 Å². The second-order valence-corrected chi connectivity index (χ2v) is 6.57. The van der Waals surface area contributed by atoms with E-state index in [1.165, 1.54) is 0 Å². The molecule has 0 spiro atoms. The van der Waals surface area contributed by atoms with Gasteiger partial charge in [-0.25, -0.2) is 0 Å². The number of anilines is 1. The number of para-hydroxylation sites is 1. The van der Waals surface area contributed by atoms with Gasteiger partial charge in [0.2, 0.25) is 0 Å². The van der Waals surface area contributed by atoms with Crippen LogP contribution >= 0.6 is 0 Å². The van der Waals surface area contributed by atoms with E-state index in [2.05, 4.69) is 23.2 Å². The molecule has 2 aromatic rings. The summed E-state index contributed by atoms with van der Waals surface area (Å²) in [6, 6.07) is 11.7. The highest BCUT2D eigenvalue weighted by Gasteiger charge is 2.33. The molecular weight excluding hydrogens is 316 g/mol. The SMILES string of the molecule is CCOc1cc2c(cc1[C@H]1NC(=O)c3ccccc3N1C)O[C@H](C)C2. The third-order valence-corrected chi connectivity index (χ3v) is 4.81. The summed E-state index contributed by atoms with van der Waals surface area (Å²) in [6.45, 7) is 4.60. The van der Waals surface area contributed by atoms with Crippen LogP contribution < -0.4 is 19.7 Å². The van der Waals surface area contributed by atoms with Crippen molar-refractivity contribution in [2.45, 2.75) is 32.5 Å². The number of ether oxygens (including phenoxy) is 2. The molecule has 5 heteroatoms. The third-order valence-electron chi connectivity index (χ3n) is 4.81. The molecule has 25 heavy (non-hydrogen) atoms. The highest BCUT2D eigenvalue weighted by atomic mass is 16.5. The summed E-state index contributed by atoms with van der Waals surface area (Å²) in [7, 11) is 1.98. The number of fused-ring (bicyclic) bond motifs is 2. The van der Waals surface area contributed by atoms with Crippen LogP contribution in [-0.4, -0.2) is 25.7 Å². The van der Waals surface area contributed by atoms with Gasteiger partial charge in [-0.2, -0.15) is 0 Å². The van der Waals surface area contributed by atoms with Gasteiger partial charge in [-0.1, -0.05) is 12.1 Å². The molecule has 2 heterocycles. The summed E-state index contributed by atoms with van der Waals surface area (Å²) in [5, 5.41) is 3.09. The maximum absolute atomic E-state index is 12.6. The average molecular weight is 338 g/mol. The van der Waals surface area contributed by atoms with Crippen LogP contribution in [0.4, 0.5) is 5.69 Å². The van der Waals surface area contributed by atoms with Crippen molar-refractivity contribution in [3.05, 3.63) is 53.1 Å². The zero-order chi connectivity index (χ0) is 17.6. The summed E-state index contributed by atoms with van der Waals surface area (Å²) in [6.07, 6.45) is 0.749. The highest BCUT2D eigenvalue weighted by molar-refractivity contribution is 6.02. The first-order valence-corrected chi connectivity index (χ1v) is 8.67. The van der Waals surface area contributed by atoms with E-state index >= 15 is 0 Å². The van der Waals surface area contributed by atoms with Crippen molar-refractivity contribution >= 4 is 11.6 Å². The molecule has 0 saturated carbocycles. The lowest BCUT2D eigenvalue weighted by molar-refractivity contribution is 0.0927. The number of nitrogens with zero attached hydrogens (tertiary/aromatic N) is 1. The van der Waals surface area contributed by atoms with E-state index in [0.717, 1.165) is 34.7 Å². The van der Waals surface area contributed by atoms with Crippen LogP contribution in [-0.2, 0) is 6.42 Å². The van der Waals surface area contributed by atoms with E-state index in [0.29, 0.717) is 12.2 Å². The second-order valence-electron chi connectivity index (χ2n) is 6.57. The van der Waals surface area contributed by atoms with Crippen LogP contribution in [0.25, 0.3) is 0 Å². The van der Waals surface area contributed by atoms with Gasteiger partial charge in [-0.3, -0.25) is 4.79 Å². The predicted molar refractivity (Wildman–Crippen MR) is 96.5 cm³/mol. The fourth-order valence-corrected chi connectivity index (χ4v) is 3.65. The number of carbonyl (C=O) groups is 1. The molecule has 2 aliphatic rings. The minimum Gasteiger partial charge on any atom is -0.493 e. The summed E-state index contributed by atoms with van der Waals surface area (Å²) < 4.78 is 11.8. The molecule has 0 aliphatic carbocycles. The molecule has 0 bridgehead atoms. The van der Waals surface area contributed by atoms with Crippen molar-refractivity contribution in [1.82, 2.24) is 5.32 Å². The maximum Gasteiger partial charge on any atom is 0.255 e. The molecule has 0 fully saturated rings. The fourth-order valence-electron chi connectivity index (χ4n) is 3.65. The first-order chi connectivity index (χ1) is 12.1. The molecular formula is C20H22N2O3. The Morgan fingerprint density at radius 2 is 2.12 bits per heavy atom. The van der Waals surface area contributed by atoms with Crippen molar-refractivity contribution < 1.29 is 14.3 Å². The predicted octanol–water partition coefficient (Wildman–Crippen LogP) is 3.29. The first kappa shape index (κ1) is 15.8. The largest absolute Gasteiger partial charge is 0.493 e. The van der Waals surface area contributed by atoms with E-state index in [1.54, 1.807) is 0 Å². The lowest BCUT2D eigenvalue weighted by Gasteiger charge is -2.37. The molecule has 2 aliphatic heterocycles. The van der Waals surface area contributed by atoms with Crippen molar-refractivity contribution in [2.24, 2.45) is 0 Å². The van der Waals surface area contributed by atoms with Crippen molar-refractivity contribution in [3.8, 4) is 11.5 Å². The summed E-state index contributed by atoms with van der Waals surface area (Å²) in [5.41, 5.74) is 3.67. The number of hydrogen-bond acceptors (Lipinski definition) is 4. The second kappa shape index (κ2) is 5.99. The van der Waals surface area contributed by atoms with E-state index < -0.39 is 0 Å². The molecule has 0 aromatic heterocycles. The molecule has 1 amide bonds. The molecule has 0 unspecified atom stereocenters. The van der Waals surface area contributed by atoms with Gasteiger partial charge in [0.15, 0.2) is 0 Å². The standard InChI is InChI=1S/C20H22N2O3/c1-4-24-18-10-13-9-12(2)25-17(13)11-15(18)19-21-20(23)14-7-5-6-8-16(14)22(19)3/h5-8,10-12,19H,4,9H2,1-3H3,(H,21,23)/t12-,19+/m1/s1. The molecule has 130 valence electrons. The first-order valence-electron chi connectivity index (χ1n) is 8.67. The Labute approximate surface area is 147 Å². The van der Waals surface area contributed by atoms with Gasteiger partial charge in [0.1, 0.15) is 23.8 Å². The Morgan fingerprint density at radius 1 is 1.32 bits per heavy atom. The topological polar surface area (TPSA) is 50.8 Å². The number of carbonyl (C=O) groups excluding carboxylic acids is 1. The van der Waals surface area contributed by atoms with Gasteiger partial charge < -0.3 is 19.7 Å². The van der Waals surface area contributed by atoms with Crippen LogP contribution in [0.2, 0.25) is 0 Å². The van der Waals surface area contributed by atoms with Crippen LogP contribution in [0.15, 0.2) is 36.4 Å². The van der Waals surface area contributed by atoms with Crippen molar-refractivity contribution in [3.63, 3.8) is 0 Å². The van der Waals surface area contributed by atoms with Gasteiger partial charge in [-0.05, 0) is 38.1 Å². The quantitative estimate of drug-likeness (QED) is 0.933. The fraction of sp³-hybridized carbons (Fsp3) is 0.350. The zero-order valence-electron chi connectivity index (χ0n) is 14.7. The third kappa shape index (κ3) is 2.60. The Hall–Kier alpha value is -2.69. The molecule has 1 N–H and O–H groups in total. The van der Waals surface area contributed by atoms with Gasteiger partial charge in [0.25, 0.3) is 5.91 Å². The normalized spacial score (nSPS) is 21.2. The average Bonchev–Trinajstić information content (AvgIpc) is 2.97. The number of rotatable bonds is 3.